The average molecular weight is 264 g/mol. The van der Waals surface area contributed by atoms with E-state index >= 15 is 0 Å². The van der Waals surface area contributed by atoms with Gasteiger partial charge in [-0.05, 0) is 37.3 Å². The van der Waals surface area contributed by atoms with E-state index in [9.17, 15) is 0 Å². The first kappa shape index (κ1) is 12.5. The Morgan fingerprint density at radius 1 is 1.33 bits per heavy atom. The summed E-state index contributed by atoms with van der Waals surface area (Å²) in [5.74, 6) is 1.10. The minimum Gasteiger partial charge on any atom is -0.476 e. The minimum atomic E-state index is 0.435. The van der Waals surface area contributed by atoms with Crippen LogP contribution in [0.15, 0.2) is 36.4 Å². The van der Waals surface area contributed by atoms with Crippen molar-refractivity contribution in [3.8, 4) is 5.88 Å². The third kappa shape index (κ3) is 3.05. The molecule has 0 fully saturated rings. The molecular weight excluding hydrogens is 250 g/mol. The summed E-state index contributed by atoms with van der Waals surface area (Å²) < 4.78 is 5.34. The first-order valence-corrected chi connectivity index (χ1v) is 5.98. The van der Waals surface area contributed by atoms with Crippen LogP contribution in [0.4, 0.5) is 17.2 Å². The van der Waals surface area contributed by atoms with Gasteiger partial charge in [0, 0.05) is 10.7 Å². The standard InChI is InChI=1S/C13H14ClN3O/c1-2-18-13-11(15)6-7-12(17-13)16-10-5-3-4-9(14)8-10/h3-8H,2,15H2,1H3,(H,16,17). The van der Waals surface area contributed by atoms with Crippen molar-refractivity contribution in [2.45, 2.75) is 6.92 Å². The van der Waals surface area contributed by atoms with Crippen LogP contribution in [0.25, 0.3) is 0 Å². The predicted molar refractivity (Wildman–Crippen MR) is 74.6 cm³/mol. The first-order valence-electron chi connectivity index (χ1n) is 5.61. The Morgan fingerprint density at radius 3 is 2.89 bits per heavy atom. The number of ether oxygens (including phenoxy) is 1. The molecule has 94 valence electrons. The van der Waals surface area contributed by atoms with Crippen LogP contribution in [0.1, 0.15) is 6.92 Å². The fourth-order valence-electron chi connectivity index (χ4n) is 1.49. The highest BCUT2D eigenvalue weighted by Crippen LogP contribution is 2.24. The van der Waals surface area contributed by atoms with Crippen LogP contribution in [0.5, 0.6) is 5.88 Å². The Bertz CT molecular complexity index is 546. The second-order valence-electron chi connectivity index (χ2n) is 3.66. The van der Waals surface area contributed by atoms with Gasteiger partial charge in [-0.25, -0.2) is 0 Å². The van der Waals surface area contributed by atoms with E-state index in [0.29, 0.717) is 29.0 Å². The van der Waals surface area contributed by atoms with Crippen LogP contribution >= 0.6 is 11.6 Å². The lowest BCUT2D eigenvalue weighted by Gasteiger charge is -2.09. The van der Waals surface area contributed by atoms with E-state index in [1.807, 2.05) is 31.2 Å². The molecule has 0 aliphatic heterocycles. The molecule has 0 aliphatic carbocycles. The van der Waals surface area contributed by atoms with Crippen LogP contribution in [0.2, 0.25) is 5.02 Å². The molecule has 1 aromatic heterocycles. The lowest BCUT2D eigenvalue weighted by Crippen LogP contribution is -2.02. The van der Waals surface area contributed by atoms with E-state index < -0.39 is 0 Å². The van der Waals surface area contributed by atoms with Crippen molar-refractivity contribution < 1.29 is 4.74 Å². The number of hydrogen-bond acceptors (Lipinski definition) is 4. The topological polar surface area (TPSA) is 60.2 Å². The summed E-state index contributed by atoms with van der Waals surface area (Å²) in [6.45, 7) is 2.41. The molecule has 0 aliphatic rings. The number of pyridine rings is 1. The summed E-state index contributed by atoms with van der Waals surface area (Å²) in [7, 11) is 0. The van der Waals surface area contributed by atoms with E-state index in [1.54, 1.807) is 12.1 Å². The van der Waals surface area contributed by atoms with Crippen molar-refractivity contribution in [2.75, 3.05) is 17.7 Å². The van der Waals surface area contributed by atoms with Gasteiger partial charge in [-0.15, -0.1) is 0 Å². The van der Waals surface area contributed by atoms with Crippen molar-refractivity contribution in [1.82, 2.24) is 4.98 Å². The Morgan fingerprint density at radius 2 is 2.17 bits per heavy atom. The highest BCUT2D eigenvalue weighted by Gasteiger charge is 2.04. The summed E-state index contributed by atoms with van der Waals surface area (Å²) in [6.07, 6.45) is 0. The highest BCUT2D eigenvalue weighted by atomic mass is 35.5. The van der Waals surface area contributed by atoms with E-state index in [-0.39, 0.29) is 0 Å². The van der Waals surface area contributed by atoms with Crippen LogP contribution in [-0.2, 0) is 0 Å². The fraction of sp³-hybridized carbons (Fsp3) is 0.154. The van der Waals surface area contributed by atoms with Gasteiger partial charge in [-0.1, -0.05) is 17.7 Å². The van der Waals surface area contributed by atoms with E-state index in [4.69, 9.17) is 22.1 Å². The molecule has 0 radical (unpaired) electrons. The molecule has 0 saturated heterocycles. The molecule has 0 amide bonds. The molecule has 0 unspecified atom stereocenters. The zero-order valence-corrected chi connectivity index (χ0v) is 10.7. The molecular formula is C13H14ClN3O. The molecule has 0 bridgehead atoms. The quantitative estimate of drug-likeness (QED) is 0.887. The van der Waals surface area contributed by atoms with E-state index in [0.717, 1.165) is 5.69 Å². The van der Waals surface area contributed by atoms with E-state index in [1.165, 1.54) is 0 Å². The lowest BCUT2D eigenvalue weighted by molar-refractivity contribution is 0.329. The molecule has 0 saturated carbocycles. The van der Waals surface area contributed by atoms with Crippen molar-refractivity contribution >= 4 is 28.8 Å². The van der Waals surface area contributed by atoms with Gasteiger partial charge in [0.2, 0.25) is 5.88 Å². The number of nitrogens with zero attached hydrogens (tertiary/aromatic N) is 1. The van der Waals surface area contributed by atoms with Gasteiger partial charge >= 0.3 is 0 Å². The van der Waals surface area contributed by atoms with E-state index in [2.05, 4.69) is 10.3 Å². The van der Waals surface area contributed by atoms with Gasteiger partial charge in [-0.3, -0.25) is 0 Å². The summed E-state index contributed by atoms with van der Waals surface area (Å²) in [6, 6.07) is 11.0. The predicted octanol–water partition coefficient (Wildman–Crippen LogP) is 3.46. The monoisotopic (exact) mass is 263 g/mol. The SMILES string of the molecule is CCOc1nc(Nc2cccc(Cl)c2)ccc1N. The fourth-order valence-corrected chi connectivity index (χ4v) is 1.68. The van der Waals surface area contributed by atoms with Gasteiger partial charge in [-0.2, -0.15) is 4.98 Å². The van der Waals surface area contributed by atoms with Crippen LogP contribution in [-0.4, -0.2) is 11.6 Å². The molecule has 1 heterocycles. The number of nitrogens with one attached hydrogen (secondary N) is 1. The number of hydrogen-bond donors (Lipinski definition) is 2. The maximum atomic E-state index is 5.91. The second kappa shape index (κ2) is 5.60. The molecule has 3 N–H and O–H groups in total. The number of benzene rings is 1. The Kier molecular flexibility index (Phi) is 3.89. The number of nitrogen functional groups attached to an aromatic ring is 1. The number of halogens is 1. The number of nitrogens with two attached hydrogens (primary N) is 1. The van der Waals surface area contributed by atoms with Gasteiger partial charge in [0.05, 0.1) is 12.3 Å². The third-order valence-corrected chi connectivity index (χ3v) is 2.50. The summed E-state index contributed by atoms with van der Waals surface area (Å²) in [5, 5.41) is 3.81. The number of aromatic nitrogens is 1. The van der Waals surface area contributed by atoms with Crippen molar-refractivity contribution in [2.24, 2.45) is 0 Å². The third-order valence-electron chi connectivity index (χ3n) is 2.27. The van der Waals surface area contributed by atoms with Crippen molar-refractivity contribution in [3.05, 3.63) is 41.4 Å². The maximum Gasteiger partial charge on any atom is 0.239 e. The number of anilines is 3. The van der Waals surface area contributed by atoms with Crippen molar-refractivity contribution in [1.29, 1.82) is 0 Å². The summed E-state index contributed by atoms with van der Waals surface area (Å²) in [5.41, 5.74) is 7.14. The minimum absolute atomic E-state index is 0.435. The largest absolute Gasteiger partial charge is 0.476 e. The Balaban J connectivity index is 2.21. The Hall–Kier alpha value is -1.94. The molecule has 2 aromatic rings. The normalized spacial score (nSPS) is 10.1. The van der Waals surface area contributed by atoms with Gasteiger partial charge < -0.3 is 15.8 Å². The van der Waals surface area contributed by atoms with Crippen LogP contribution < -0.4 is 15.8 Å². The second-order valence-corrected chi connectivity index (χ2v) is 4.10. The smallest absolute Gasteiger partial charge is 0.239 e. The zero-order valence-electron chi connectivity index (χ0n) is 9.98. The molecule has 0 spiro atoms. The van der Waals surface area contributed by atoms with Crippen LogP contribution in [0, 0.1) is 0 Å². The Labute approximate surface area is 111 Å². The van der Waals surface area contributed by atoms with Gasteiger partial charge in [0.1, 0.15) is 5.82 Å². The molecule has 0 atom stereocenters. The molecule has 18 heavy (non-hydrogen) atoms. The molecule has 4 nitrogen and oxygen atoms in total. The van der Waals surface area contributed by atoms with Gasteiger partial charge in [0.15, 0.2) is 0 Å². The number of rotatable bonds is 4. The molecule has 1 aromatic carbocycles. The van der Waals surface area contributed by atoms with Gasteiger partial charge in [0.25, 0.3) is 0 Å². The lowest BCUT2D eigenvalue weighted by atomic mass is 10.3. The van der Waals surface area contributed by atoms with Crippen LogP contribution in [0.3, 0.4) is 0 Å². The molecule has 5 heteroatoms. The summed E-state index contributed by atoms with van der Waals surface area (Å²) >= 11 is 5.91. The zero-order chi connectivity index (χ0) is 13.0. The maximum absolute atomic E-state index is 5.91. The molecule has 2 rings (SSSR count). The average Bonchev–Trinajstić information content (AvgIpc) is 2.34. The highest BCUT2D eigenvalue weighted by molar-refractivity contribution is 6.30. The summed E-state index contributed by atoms with van der Waals surface area (Å²) in [4.78, 5) is 4.29. The first-order chi connectivity index (χ1) is 8.69. The van der Waals surface area contributed by atoms with Crippen molar-refractivity contribution in [3.63, 3.8) is 0 Å².